The molecule has 1 aromatic heterocycles. The summed E-state index contributed by atoms with van der Waals surface area (Å²) in [5.41, 5.74) is -0.492. The summed E-state index contributed by atoms with van der Waals surface area (Å²) in [5.74, 6) is -0.915. The van der Waals surface area contributed by atoms with Crippen LogP contribution in [0.3, 0.4) is 0 Å². The third-order valence-electron chi connectivity index (χ3n) is 2.91. The molecule has 0 radical (unpaired) electrons. The van der Waals surface area contributed by atoms with Gasteiger partial charge >= 0.3 is 0 Å². The van der Waals surface area contributed by atoms with Crippen molar-refractivity contribution in [3.63, 3.8) is 0 Å². The van der Waals surface area contributed by atoms with E-state index in [-0.39, 0.29) is 9.92 Å². The fourth-order valence-corrected chi connectivity index (χ4v) is 3.72. The van der Waals surface area contributed by atoms with Crippen molar-refractivity contribution in [1.82, 2.24) is 19.3 Å². The standard InChI is InChI=1S/C11H14FN5O4S2/c1-16(2)23(20,21)8-4-5-9(12)10(6-8)14-22(18,19)11-7-13-15-17(11)3/h4-7,14H,1-3H3. The van der Waals surface area contributed by atoms with Crippen molar-refractivity contribution in [3.8, 4) is 0 Å². The van der Waals surface area contributed by atoms with Gasteiger partial charge in [-0.3, -0.25) is 4.72 Å². The Morgan fingerprint density at radius 3 is 2.39 bits per heavy atom. The molecule has 23 heavy (non-hydrogen) atoms. The van der Waals surface area contributed by atoms with Crippen molar-refractivity contribution < 1.29 is 21.2 Å². The zero-order valence-electron chi connectivity index (χ0n) is 12.4. The second-order valence-electron chi connectivity index (χ2n) is 4.73. The summed E-state index contributed by atoms with van der Waals surface area (Å²) in [7, 11) is -4.03. The number of nitrogens with zero attached hydrogens (tertiary/aromatic N) is 4. The number of anilines is 1. The van der Waals surface area contributed by atoms with E-state index in [0.29, 0.717) is 0 Å². The van der Waals surface area contributed by atoms with E-state index in [2.05, 4.69) is 10.3 Å². The minimum atomic E-state index is -4.17. The summed E-state index contributed by atoms with van der Waals surface area (Å²) in [6.07, 6.45) is 0.987. The van der Waals surface area contributed by atoms with Crippen molar-refractivity contribution in [3.05, 3.63) is 30.2 Å². The van der Waals surface area contributed by atoms with Gasteiger partial charge in [0.15, 0.2) is 5.03 Å². The summed E-state index contributed by atoms with van der Waals surface area (Å²) in [4.78, 5) is -0.246. The average molecular weight is 363 g/mol. The molecule has 0 aliphatic carbocycles. The fraction of sp³-hybridized carbons (Fsp3) is 0.273. The SMILES string of the molecule is CN(C)S(=O)(=O)c1ccc(F)c(NS(=O)(=O)c2cnnn2C)c1. The van der Waals surface area contributed by atoms with Crippen LogP contribution < -0.4 is 4.72 Å². The maximum atomic E-state index is 13.9. The van der Waals surface area contributed by atoms with Crippen molar-refractivity contribution in [2.75, 3.05) is 18.8 Å². The number of benzene rings is 1. The Bertz CT molecular complexity index is 937. The van der Waals surface area contributed by atoms with Gasteiger partial charge in [0.1, 0.15) is 5.82 Å². The molecule has 0 saturated carbocycles. The molecular weight excluding hydrogens is 349 g/mol. The molecule has 0 unspecified atom stereocenters. The molecule has 0 saturated heterocycles. The number of hydrogen-bond acceptors (Lipinski definition) is 6. The number of aromatic nitrogens is 3. The van der Waals surface area contributed by atoms with Gasteiger partial charge in [0.2, 0.25) is 10.0 Å². The monoisotopic (exact) mass is 363 g/mol. The second-order valence-corrected chi connectivity index (χ2v) is 8.51. The van der Waals surface area contributed by atoms with Gasteiger partial charge in [-0.25, -0.2) is 21.8 Å². The number of sulfonamides is 2. The smallest absolute Gasteiger partial charge is 0.275 e. The lowest BCUT2D eigenvalue weighted by atomic mass is 10.3. The number of aryl methyl sites for hydroxylation is 1. The Kier molecular flexibility index (Phi) is 4.41. The fourth-order valence-electron chi connectivity index (χ4n) is 1.67. The molecule has 1 aromatic carbocycles. The van der Waals surface area contributed by atoms with Gasteiger partial charge in [0.05, 0.1) is 16.8 Å². The third kappa shape index (κ3) is 3.33. The van der Waals surface area contributed by atoms with Gasteiger partial charge in [-0.1, -0.05) is 5.21 Å². The molecule has 2 aromatic rings. The van der Waals surface area contributed by atoms with Crippen LogP contribution in [0.15, 0.2) is 34.3 Å². The average Bonchev–Trinajstić information content (AvgIpc) is 2.87. The highest BCUT2D eigenvalue weighted by molar-refractivity contribution is 7.92. The van der Waals surface area contributed by atoms with Crippen molar-refractivity contribution in [1.29, 1.82) is 0 Å². The van der Waals surface area contributed by atoms with Crippen LogP contribution in [0.2, 0.25) is 0 Å². The molecule has 1 N–H and O–H groups in total. The van der Waals surface area contributed by atoms with Crippen molar-refractivity contribution in [2.45, 2.75) is 9.92 Å². The van der Waals surface area contributed by atoms with Gasteiger partial charge in [0, 0.05) is 21.1 Å². The van der Waals surface area contributed by atoms with Crippen LogP contribution in [-0.2, 0) is 27.1 Å². The van der Waals surface area contributed by atoms with Crippen LogP contribution in [-0.4, -0.2) is 50.2 Å². The lowest BCUT2D eigenvalue weighted by molar-refractivity contribution is 0.520. The highest BCUT2D eigenvalue weighted by Crippen LogP contribution is 2.23. The minimum Gasteiger partial charge on any atom is -0.275 e. The Labute approximate surface area is 132 Å². The molecule has 1 heterocycles. The van der Waals surface area contributed by atoms with E-state index in [9.17, 15) is 21.2 Å². The zero-order valence-corrected chi connectivity index (χ0v) is 14.1. The maximum Gasteiger partial charge on any atom is 0.280 e. The second kappa shape index (κ2) is 5.86. The lowest BCUT2D eigenvalue weighted by Crippen LogP contribution is -2.23. The van der Waals surface area contributed by atoms with Crippen molar-refractivity contribution >= 4 is 25.7 Å². The first kappa shape index (κ1) is 17.3. The maximum absolute atomic E-state index is 13.9. The minimum absolute atomic E-state index is 0.246. The van der Waals surface area contributed by atoms with Crippen LogP contribution in [0.5, 0.6) is 0 Å². The third-order valence-corrected chi connectivity index (χ3v) is 6.13. The Balaban J connectivity index is 2.47. The van der Waals surface area contributed by atoms with E-state index in [1.165, 1.54) is 21.1 Å². The molecule has 126 valence electrons. The number of halogens is 1. The Morgan fingerprint density at radius 2 is 1.87 bits per heavy atom. The first-order valence-electron chi connectivity index (χ1n) is 6.15. The normalized spacial score (nSPS) is 12.6. The zero-order chi connectivity index (χ0) is 17.4. The molecule has 0 atom stereocenters. The molecule has 0 fully saturated rings. The summed E-state index contributed by atoms with van der Waals surface area (Å²) in [6, 6.07) is 2.83. The van der Waals surface area contributed by atoms with E-state index in [4.69, 9.17) is 0 Å². The molecule has 9 nitrogen and oxygen atoms in total. The van der Waals surface area contributed by atoms with Crippen LogP contribution in [0.1, 0.15) is 0 Å². The lowest BCUT2D eigenvalue weighted by Gasteiger charge is -2.13. The van der Waals surface area contributed by atoms with Crippen LogP contribution in [0, 0.1) is 5.82 Å². The van der Waals surface area contributed by atoms with E-state index < -0.39 is 31.6 Å². The molecule has 0 spiro atoms. The summed E-state index contributed by atoms with van der Waals surface area (Å²) >= 11 is 0. The number of rotatable bonds is 5. The van der Waals surface area contributed by atoms with Crippen LogP contribution in [0.25, 0.3) is 0 Å². The van der Waals surface area contributed by atoms with E-state index in [0.717, 1.165) is 33.4 Å². The number of hydrogen-bond donors (Lipinski definition) is 1. The van der Waals surface area contributed by atoms with Gasteiger partial charge in [-0.15, -0.1) is 5.10 Å². The predicted octanol–water partition coefficient (Wildman–Crippen LogP) is 0.00530. The Hall–Kier alpha value is -2.05. The summed E-state index contributed by atoms with van der Waals surface area (Å²) in [5, 5.41) is 6.61. The van der Waals surface area contributed by atoms with E-state index in [1.807, 2.05) is 4.72 Å². The first-order chi connectivity index (χ1) is 10.6. The number of nitrogens with one attached hydrogen (secondary N) is 1. The quantitative estimate of drug-likeness (QED) is 0.800. The van der Waals surface area contributed by atoms with Gasteiger partial charge in [-0.05, 0) is 18.2 Å². The van der Waals surface area contributed by atoms with Gasteiger partial charge in [0.25, 0.3) is 10.0 Å². The molecular formula is C11H14FN5O4S2. The van der Waals surface area contributed by atoms with E-state index >= 15 is 0 Å². The van der Waals surface area contributed by atoms with E-state index in [1.54, 1.807) is 0 Å². The summed E-state index contributed by atoms with van der Waals surface area (Å²) in [6.45, 7) is 0. The first-order valence-corrected chi connectivity index (χ1v) is 9.07. The molecule has 2 rings (SSSR count). The molecule has 0 amide bonds. The highest BCUT2D eigenvalue weighted by atomic mass is 32.2. The van der Waals surface area contributed by atoms with Crippen LogP contribution >= 0.6 is 0 Å². The Morgan fingerprint density at radius 1 is 1.22 bits per heavy atom. The van der Waals surface area contributed by atoms with Gasteiger partial charge in [-0.2, -0.15) is 8.42 Å². The summed E-state index contributed by atoms with van der Waals surface area (Å²) < 4.78 is 66.2. The van der Waals surface area contributed by atoms with Gasteiger partial charge < -0.3 is 0 Å². The van der Waals surface area contributed by atoms with Crippen molar-refractivity contribution in [2.24, 2.45) is 7.05 Å². The molecule has 0 bridgehead atoms. The topological polar surface area (TPSA) is 114 Å². The molecule has 0 aliphatic heterocycles. The highest BCUT2D eigenvalue weighted by Gasteiger charge is 2.23. The predicted molar refractivity (Wildman–Crippen MR) is 79.1 cm³/mol. The molecule has 12 heteroatoms. The van der Waals surface area contributed by atoms with Crippen LogP contribution in [0.4, 0.5) is 10.1 Å². The molecule has 0 aliphatic rings. The largest absolute Gasteiger partial charge is 0.280 e.